The number of aliphatic hydroxyl groups is 1. The number of likely N-dealkylation sites (tertiary alicyclic amines) is 1. The summed E-state index contributed by atoms with van der Waals surface area (Å²) in [5.74, 6) is -0.446. The average molecular weight is 305 g/mol. The first-order valence-electron chi connectivity index (χ1n) is 7.69. The fourth-order valence-corrected chi connectivity index (χ4v) is 3.16. The predicted octanol–water partition coefficient (Wildman–Crippen LogP) is 1.38. The summed E-state index contributed by atoms with van der Waals surface area (Å²) in [4.78, 5) is 18.3. The lowest BCUT2D eigenvalue weighted by atomic mass is 10.0. The Hall–Kier alpha value is -1.79. The van der Waals surface area contributed by atoms with Crippen LogP contribution < -0.4 is 5.56 Å². The Bertz CT molecular complexity index is 716. The number of hydrogen-bond acceptors (Lipinski definition) is 4. The van der Waals surface area contributed by atoms with E-state index < -0.39 is 5.82 Å². The number of hydrogen-bond donors (Lipinski definition) is 1. The normalized spacial score (nSPS) is 19.6. The van der Waals surface area contributed by atoms with E-state index in [-0.39, 0.29) is 18.2 Å². The fourth-order valence-electron chi connectivity index (χ4n) is 3.16. The van der Waals surface area contributed by atoms with Crippen molar-refractivity contribution in [1.82, 2.24) is 14.5 Å². The van der Waals surface area contributed by atoms with Crippen LogP contribution in [0, 0.1) is 5.82 Å². The Morgan fingerprint density at radius 2 is 2.18 bits per heavy atom. The van der Waals surface area contributed by atoms with Crippen LogP contribution in [0.4, 0.5) is 4.39 Å². The van der Waals surface area contributed by atoms with Gasteiger partial charge in [-0.25, -0.2) is 4.39 Å². The van der Waals surface area contributed by atoms with Crippen molar-refractivity contribution in [3.8, 4) is 0 Å². The Kier molecular flexibility index (Phi) is 4.49. The molecule has 1 aliphatic rings. The number of pyridine rings is 2. The van der Waals surface area contributed by atoms with Crippen molar-refractivity contribution < 1.29 is 9.50 Å². The van der Waals surface area contributed by atoms with Gasteiger partial charge in [0.25, 0.3) is 5.56 Å². The van der Waals surface area contributed by atoms with Gasteiger partial charge < -0.3 is 9.67 Å². The van der Waals surface area contributed by atoms with Gasteiger partial charge in [0.2, 0.25) is 0 Å². The summed E-state index contributed by atoms with van der Waals surface area (Å²) in [6.45, 7) is 2.20. The SMILES string of the molecule is O=c1ccc2ncc(F)cc2n1CCN1CCCCC1CO. The zero-order chi connectivity index (χ0) is 15.5. The number of piperidine rings is 1. The van der Waals surface area contributed by atoms with Gasteiger partial charge in [-0.1, -0.05) is 6.42 Å². The van der Waals surface area contributed by atoms with Crippen molar-refractivity contribution in [3.05, 3.63) is 40.6 Å². The van der Waals surface area contributed by atoms with Gasteiger partial charge in [-0.15, -0.1) is 0 Å². The number of nitrogens with zero attached hydrogens (tertiary/aromatic N) is 3. The third kappa shape index (κ3) is 3.03. The van der Waals surface area contributed by atoms with Gasteiger partial charge in [-0.3, -0.25) is 14.7 Å². The number of rotatable bonds is 4. The monoisotopic (exact) mass is 305 g/mol. The fraction of sp³-hybridized carbons (Fsp3) is 0.500. The van der Waals surface area contributed by atoms with E-state index in [1.54, 1.807) is 10.6 Å². The highest BCUT2D eigenvalue weighted by Crippen LogP contribution is 2.17. The number of aliphatic hydroxyl groups excluding tert-OH is 1. The molecule has 5 nitrogen and oxygen atoms in total. The van der Waals surface area contributed by atoms with Crippen LogP contribution in [0.3, 0.4) is 0 Å². The molecule has 2 aromatic rings. The first kappa shape index (κ1) is 15.1. The second-order valence-corrected chi connectivity index (χ2v) is 5.75. The van der Waals surface area contributed by atoms with Gasteiger partial charge in [-0.05, 0) is 25.5 Å². The van der Waals surface area contributed by atoms with Crippen molar-refractivity contribution in [2.45, 2.75) is 31.8 Å². The molecule has 1 saturated heterocycles. The summed E-state index contributed by atoms with van der Waals surface area (Å²) >= 11 is 0. The molecule has 0 spiro atoms. The first-order valence-corrected chi connectivity index (χ1v) is 7.69. The predicted molar refractivity (Wildman–Crippen MR) is 82.3 cm³/mol. The molecule has 0 aromatic carbocycles. The van der Waals surface area contributed by atoms with Gasteiger partial charge >= 0.3 is 0 Å². The summed E-state index contributed by atoms with van der Waals surface area (Å²) < 4.78 is 15.0. The van der Waals surface area contributed by atoms with E-state index in [9.17, 15) is 14.3 Å². The summed E-state index contributed by atoms with van der Waals surface area (Å²) in [5.41, 5.74) is 0.973. The van der Waals surface area contributed by atoms with E-state index in [0.29, 0.717) is 24.1 Å². The van der Waals surface area contributed by atoms with Crippen LogP contribution in [-0.2, 0) is 6.54 Å². The number of halogens is 1. The smallest absolute Gasteiger partial charge is 0.251 e. The van der Waals surface area contributed by atoms with Crippen molar-refractivity contribution >= 4 is 11.0 Å². The quantitative estimate of drug-likeness (QED) is 0.927. The molecule has 0 bridgehead atoms. The maximum atomic E-state index is 13.4. The topological polar surface area (TPSA) is 58.4 Å². The van der Waals surface area contributed by atoms with Crippen molar-refractivity contribution in [1.29, 1.82) is 0 Å². The third-order valence-electron chi connectivity index (χ3n) is 4.38. The Labute approximate surface area is 128 Å². The Morgan fingerprint density at radius 1 is 1.32 bits per heavy atom. The average Bonchev–Trinajstić information content (AvgIpc) is 2.54. The molecule has 1 aliphatic heterocycles. The van der Waals surface area contributed by atoms with Crippen molar-refractivity contribution in [2.75, 3.05) is 19.7 Å². The molecule has 1 fully saturated rings. The lowest BCUT2D eigenvalue weighted by Crippen LogP contribution is -2.44. The lowest BCUT2D eigenvalue weighted by molar-refractivity contribution is 0.0872. The lowest BCUT2D eigenvalue weighted by Gasteiger charge is -2.34. The molecule has 0 radical (unpaired) electrons. The molecule has 0 saturated carbocycles. The van der Waals surface area contributed by atoms with Gasteiger partial charge in [0, 0.05) is 31.3 Å². The van der Waals surface area contributed by atoms with Crippen LogP contribution in [0.2, 0.25) is 0 Å². The minimum Gasteiger partial charge on any atom is -0.395 e. The van der Waals surface area contributed by atoms with E-state index in [1.807, 2.05) is 0 Å². The minimum atomic E-state index is -0.446. The minimum absolute atomic E-state index is 0.140. The van der Waals surface area contributed by atoms with E-state index in [4.69, 9.17) is 0 Å². The zero-order valence-corrected chi connectivity index (χ0v) is 12.4. The Morgan fingerprint density at radius 3 is 3.00 bits per heavy atom. The van der Waals surface area contributed by atoms with Gasteiger partial charge in [0.1, 0.15) is 5.82 Å². The molecule has 0 aliphatic carbocycles. The van der Waals surface area contributed by atoms with E-state index in [0.717, 1.165) is 32.0 Å². The maximum Gasteiger partial charge on any atom is 0.251 e. The highest BCUT2D eigenvalue weighted by molar-refractivity contribution is 5.74. The molecule has 2 aromatic heterocycles. The zero-order valence-electron chi connectivity index (χ0n) is 12.4. The summed E-state index contributed by atoms with van der Waals surface area (Å²) in [7, 11) is 0. The molecule has 1 unspecified atom stereocenters. The summed E-state index contributed by atoms with van der Waals surface area (Å²) in [5, 5.41) is 9.45. The molecule has 1 atom stereocenters. The van der Waals surface area contributed by atoms with Gasteiger partial charge in [0.05, 0.1) is 23.8 Å². The molecule has 3 heterocycles. The second-order valence-electron chi connectivity index (χ2n) is 5.75. The van der Waals surface area contributed by atoms with E-state index in [2.05, 4.69) is 9.88 Å². The highest BCUT2D eigenvalue weighted by atomic mass is 19.1. The van der Waals surface area contributed by atoms with Crippen LogP contribution in [0.25, 0.3) is 11.0 Å². The van der Waals surface area contributed by atoms with Gasteiger partial charge in [-0.2, -0.15) is 0 Å². The van der Waals surface area contributed by atoms with Gasteiger partial charge in [0.15, 0.2) is 0 Å². The molecule has 118 valence electrons. The molecule has 1 N–H and O–H groups in total. The molecule has 3 rings (SSSR count). The summed E-state index contributed by atoms with van der Waals surface area (Å²) in [6, 6.07) is 4.59. The number of aromatic nitrogens is 2. The number of fused-ring (bicyclic) bond motifs is 1. The van der Waals surface area contributed by atoms with Crippen LogP contribution in [0.15, 0.2) is 29.2 Å². The molecule has 6 heteroatoms. The first-order chi connectivity index (χ1) is 10.7. The highest BCUT2D eigenvalue weighted by Gasteiger charge is 2.21. The van der Waals surface area contributed by atoms with Crippen LogP contribution in [-0.4, -0.2) is 45.3 Å². The van der Waals surface area contributed by atoms with E-state index in [1.165, 1.54) is 12.1 Å². The second kappa shape index (κ2) is 6.54. The van der Waals surface area contributed by atoms with Crippen LogP contribution >= 0.6 is 0 Å². The maximum absolute atomic E-state index is 13.4. The van der Waals surface area contributed by atoms with Crippen LogP contribution in [0.5, 0.6) is 0 Å². The van der Waals surface area contributed by atoms with Crippen molar-refractivity contribution in [3.63, 3.8) is 0 Å². The van der Waals surface area contributed by atoms with Crippen LogP contribution in [0.1, 0.15) is 19.3 Å². The van der Waals surface area contributed by atoms with Crippen molar-refractivity contribution in [2.24, 2.45) is 0 Å². The molecule has 22 heavy (non-hydrogen) atoms. The summed E-state index contributed by atoms with van der Waals surface area (Å²) in [6.07, 6.45) is 4.38. The molecular weight excluding hydrogens is 285 g/mol. The van der Waals surface area contributed by atoms with E-state index >= 15 is 0 Å². The molecular formula is C16H20FN3O2. The molecule has 0 amide bonds. The Balaban J connectivity index is 1.85. The third-order valence-corrected chi connectivity index (χ3v) is 4.38. The standard InChI is InChI=1S/C16H20FN3O2/c17-12-9-15-14(18-10-12)4-5-16(22)20(15)8-7-19-6-2-1-3-13(19)11-21/h4-5,9-10,13,21H,1-3,6-8,11H2. The largest absolute Gasteiger partial charge is 0.395 e.